The average Bonchev–Trinajstić information content (AvgIpc) is 3.36. The highest BCUT2D eigenvalue weighted by Gasteiger charge is 2.29. The van der Waals surface area contributed by atoms with Crippen LogP contribution in [0.2, 0.25) is 0 Å². The lowest BCUT2D eigenvalue weighted by atomic mass is 9.90. The van der Waals surface area contributed by atoms with E-state index >= 15 is 0 Å². The Balaban J connectivity index is 1.55. The van der Waals surface area contributed by atoms with Crippen LogP contribution in [0, 0.1) is 0 Å². The molecule has 0 aliphatic heterocycles. The Labute approximate surface area is 178 Å². The fourth-order valence-electron chi connectivity index (χ4n) is 4.28. The molecule has 1 fully saturated rings. The number of nitrogens with zero attached hydrogens (tertiary/aromatic N) is 3. The molecule has 1 aliphatic rings. The molecule has 150 valence electrons. The molecule has 1 aliphatic carbocycles. The third kappa shape index (κ3) is 3.32. The maximum atomic E-state index is 13.4. The predicted molar refractivity (Wildman–Crippen MR) is 119 cm³/mol. The van der Waals surface area contributed by atoms with Crippen LogP contribution in [-0.4, -0.2) is 32.5 Å². The van der Waals surface area contributed by atoms with Crippen molar-refractivity contribution in [3.05, 3.63) is 60.6 Å². The third-order valence-electron chi connectivity index (χ3n) is 5.76. The Morgan fingerprint density at radius 1 is 1.20 bits per heavy atom. The van der Waals surface area contributed by atoms with Crippen molar-refractivity contribution in [1.29, 1.82) is 0 Å². The number of isothiocyanates is 1. The van der Waals surface area contributed by atoms with Gasteiger partial charge in [-0.3, -0.25) is 9.20 Å². The summed E-state index contributed by atoms with van der Waals surface area (Å²) in [5, 5.41) is 7.87. The summed E-state index contributed by atoms with van der Waals surface area (Å²) in [6.45, 7) is 0. The monoisotopic (exact) mass is 416 g/mol. The Bertz CT molecular complexity index is 1280. The Morgan fingerprint density at radius 3 is 2.90 bits per heavy atom. The number of aliphatic imine (C=N–C) groups is 1. The molecule has 0 spiro atoms. The van der Waals surface area contributed by atoms with Gasteiger partial charge in [0.25, 0.3) is 5.91 Å². The number of imidazole rings is 1. The van der Waals surface area contributed by atoms with Crippen molar-refractivity contribution in [3.63, 3.8) is 0 Å². The van der Waals surface area contributed by atoms with Crippen LogP contribution in [0.5, 0.6) is 0 Å². The van der Waals surface area contributed by atoms with E-state index in [0.717, 1.165) is 42.0 Å². The molecule has 0 bridgehead atoms. The van der Waals surface area contributed by atoms with Crippen molar-refractivity contribution < 1.29 is 9.21 Å². The van der Waals surface area contributed by atoms with Gasteiger partial charge in [0.05, 0.1) is 17.2 Å². The number of hydrogen-bond donors (Lipinski definition) is 1. The van der Waals surface area contributed by atoms with Crippen LogP contribution in [0.15, 0.2) is 64.3 Å². The van der Waals surface area contributed by atoms with E-state index in [1.165, 1.54) is 6.26 Å². The SMILES string of the molecule is O=C(N[C@@H]1CCCC[C@H]1N=C=S)c1c(-c2ccc3ccccc3c2)nc2occn12. The molecule has 2 aromatic heterocycles. The lowest BCUT2D eigenvalue weighted by molar-refractivity contribution is 0.0916. The number of rotatable bonds is 4. The summed E-state index contributed by atoms with van der Waals surface area (Å²) in [6.07, 6.45) is 7.16. The quantitative estimate of drug-likeness (QED) is 0.380. The number of hydrogen-bond acceptors (Lipinski definition) is 5. The van der Waals surface area contributed by atoms with Gasteiger partial charge in [-0.1, -0.05) is 49.2 Å². The predicted octanol–water partition coefficient (Wildman–Crippen LogP) is 4.89. The minimum absolute atomic E-state index is 0.0305. The van der Waals surface area contributed by atoms with E-state index in [2.05, 4.69) is 32.6 Å². The molecular weight excluding hydrogens is 396 g/mol. The first kappa shape index (κ1) is 18.7. The number of oxazole rings is 1. The largest absolute Gasteiger partial charge is 0.432 e. The van der Waals surface area contributed by atoms with E-state index in [1.54, 1.807) is 10.6 Å². The molecule has 6 nitrogen and oxygen atoms in total. The van der Waals surface area contributed by atoms with Crippen LogP contribution in [0.3, 0.4) is 0 Å². The molecular formula is C23H20N4O2S. The highest BCUT2D eigenvalue weighted by Crippen LogP contribution is 2.29. The van der Waals surface area contributed by atoms with Gasteiger partial charge in [0.1, 0.15) is 17.7 Å². The number of carbonyl (C=O) groups excluding carboxylic acids is 1. The number of fused-ring (bicyclic) bond motifs is 2. The lowest BCUT2D eigenvalue weighted by Crippen LogP contribution is -2.44. The van der Waals surface area contributed by atoms with Gasteiger partial charge in [0.15, 0.2) is 0 Å². The van der Waals surface area contributed by atoms with Gasteiger partial charge >= 0.3 is 5.84 Å². The summed E-state index contributed by atoms with van der Waals surface area (Å²) in [4.78, 5) is 22.3. The number of thiocarbonyl (C=S) groups is 1. The van der Waals surface area contributed by atoms with Crippen LogP contribution in [0.1, 0.15) is 36.2 Å². The van der Waals surface area contributed by atoms with Gasteiger partial charge in [-0.15, -0.1) is 0 Å². The molecule has 5 rings (SSSR count). The van der Waals surface area contributed by atoms with Crippen LogP contribution >= 0.6 is 12.2 Å². The van der Waals surface area contributed by atoms with Gasteiger partial charge in [0.2, 0.25) is 0 Å². The smallest absolute Gasteiger partial charge is 0.306 e. The molecule has 1 saturated carbocycles. The highest BCUT2D eigenvalue weighted by molar-refractivity contribution is 7.78. The second-order valence-corrected chi connectivity index (χ2v) is 7.76. The molecule has 7 heteroatoms. The maximum absolute atomic E-state index is 13.4. The van der Waals surface area contributed by atoms with Crippen LogP contribution in [0.25, 0.3) is 27.9 Å². The zero-order chi connectivity index (χ0) is 20.5. The normalized spacial score (nSPS) is 18.9. The third-order valence-corrected chi connectivity index (χ3v) is 5.87. The van der Waals surface area contributed by atoms with E-state index < -0.39 is 0 Å². The lowest BCUT2D eigenvalue weighted by Gasteiger charge is -2.28. The van der Waals surface area contributed by atoms with Crippen molar-refractivity contribution >= 4 is 39.9 Å². The number of amides is 1. The topological polar surface area (TPSA) is 71.9 Å². The molecule has 4 aromatic rings. The van der Waals surface area contributed by atoms with Crippen molar-refractivity contribution in [2.24, 2.45) is 4.99 Å². The van der Waals surface area contributed by atoms with E-state index in [0.29, 0.717) is 17.2 Å². The van der Waals surface area contributed by atoms with Crippen molar-refractivity contribution in [3.8, 4) is 11.3 Å². The zero-order valence-electron chi connectivity index (χ0n) is 16.2. The summed E-state index contributed by atoms with van der Waals surface area (Å²) < 4.78 is 7.17. The Hall–Kier alpha value is -3.28. The first-order valence-corrected chi connectivity index (χ1v) is 10.5. The first-order chi connectivity index (χ1) is 14.7. The average molecular weight is 417 g/mol. The summed E-state index contributed by atoms with van der Waals surface area (Å²) in [5.74, 6) is 0.198. The summed E-state index contributed by atoms with van der Waals surface area (Å²) in [7, 11) is 0. The van der Waals surface area contributed by atoms with E-state index in [9.17, 15) is 4.79 Å². The standard InChI is InChI=1S/C23H20N4O2S/c28-22(25-19-8-4-3-7-18(19)24-14-30)21-20(26-23-27(21)11-12-29-23)17-10-9-15-5-1-2-6-16(15)13-17/h1-2,5-6,9-13,18-19H,3-4,7-8H2,(H,25,28)/t18-,19-/m1/s1. The molecule has 2 heterocycles. The Kier molecular flexibility index (Phi) is 4.91. The summed E-state index contributed by atoms with van der Waals surface area (Å²) >= 11 is 4.80. The fourth-order valence-corrected chi connectivity index (χ4v) is 4.41. The van der Waals surface area contributed by atoms with E-state index in [4.69, 9.17) is 16.6 Å². The number of aromatic nitrogens is 2. The van der Waals surface area contributed by atoms with Crippen molar-refractivity contribution in [2.75, 3.05) is 0 Å². The fraction of sp³-hybridized carbons (Fsp3) is 0.261. The van der Waals surface area contributed by atoms with E-state index in [-0.39, 0.29) is 18.0 Å². The molecule has 0 saturated heterocycles. The van der Waals surface area contributed by atoms with Crippen LogP contribution < -0.4 is 5.32 Å². The van der Waals surface area contributed by atoms with Crippen molar-refractivity contribution in [2.45, 2.75) is 37.8 Å². The molecule has 1 N–H and O–H groups in total. The number of nitrogens with one attached hydrogen (secondary N) is 1. The summed E-state index contributed by atoms with van der Waals surface area (Å²) in [5.41, 5.74) is 1.93. The minimum atomic E-state index is -0.191. The number of benzene rings is 2. The van der Waals surface area contributed by atoms with Crippen molar-refractivity contribution in [1.82, 2.24) is 14.7 Å². The number of carbonyl (C=O) groups is 1. The first-order valence-electron chi connectivity index (χ1n) is 10.1. The van der Waals surface area contributed by atoms with Crippen LogP contribution in [-0.2, 0) is 0 Å². The maximum Gasteiger partial charge on any atom is 0.306 e. The van der Waals surface area contributed by atoms with Gasteiger partial charge < -0.3 is 9.73 Å². The zero-order valence-corrected chi connectivity index (χ0v) is 17.1. The molecule has 30 heavy (non-hydrogen) atoms. The molecule has 0 unspecified atom stereocenters. The van der Waals surface area contributed by atoms with E-state index in [1.807, 2.05) is 30.3 Å². The summed E-state index contributed by atoms with van der Waals surface area (Å²) in [6, 6.07) is 14.1. The van der Waals surface area contributed by atoms with Gasteiger partial charge in [-0.2, -0.15) is 4.98 Å². The highest BCUT2D eigenvalue weighted by atomic mass is 32.1. The van der Waals surface area contributed by atoms with Crippen LogP contribution in [0.4, 0.5) is 0 Å². The van der Waals surface area contributed by atoms with Gasteiger partial charge in [-0.05, 0) is 41.9 Å². The van der Waals surface area contributed by atoms with Gasteiger partial charge in [0, 0.05) is 11.8 Å². The second-order valence-electron chi connectivity index (χ2n) is 7.58. The molecule has 2 aromatic carbocycles. The van der Waals surface area contributed by atoms with Gasteiger partial charge in [-0.25, -0.2) is 4.99 Å². The molecule has 2 atom stereocenters. The second kappa shape index (κ2) is 7.86. The minimum Gasteiger partial charge on any atom is -0.432 e. The molecule has 0 radical (unpaired) electrons. The molecule has 1 amide bonds. The Morgan fingerprint density at radius 2 is 2.03 bits per heavy atom.